The SMILES string of the molecule is COc1cccc(N2C(=O)[C@H]3[C@H](ON(c4ccccc4)[C@H]3c3cccc(Br)c3)C2=O)c1. The van der Waals surface area contributed by atoms with Gasteiger partial charge in [0.25, 0.3) is 5.91 Å². The number of imide groups is 1. The van der Waals surface area contributed by atoms with Crippen molar-refractivity contribution in [1.82, 2.24) is 0 Å². The van der Waals surface area contributed by atoms with Gasteiger partial charge in [-0.15, -0.1) is 0 Å². The molecule has 156 valence electrons. The molecule has 0 aromatic heterocycles. The van der Waals surface area contributed by atoms with E-state index in [2.05, 4.69) is 15.9 Å². The van der Waals surface area contributed by atoms with Crippen molar-refractivity contribution < 1.29 is 19.2 Å². The average molecular weight is 479 g/mol. The first-order chi connectivity index (χ1) is 15.1. The summed E-state index contributed by atoms with van der Waals surface area (Å²) in [6, 6.07) is 23.7. The summed E-state index contributed by atoms with van der Waals surface area (Å²) >= 11 is 3.51. The second-order valence-electron chi connectivity index (χ2n) is 7.43. The van der Waals surface area contributed by atoms with Crippen LogP contribution in [0.5, 0.6) is 5.75 Å². The maximum atomic E-state index is 13.6. The zero-order chi connectivity index (χ0) is 21.5. The highest BCUT2D eigenvalue weighted by atomic mass is 79.9. The summed E-state index contributed by atoms with van der Waals surface area (Å²) in [5, 5.41) is 1.69. The van der Waals surface area contributed by atoms with Crippen molar-refractivity contribution in [2.24, 2.45) is 5.92 Å². The Morgan fingerprint density at radius 2 is 1.61 bits per heavy atom. The molecular weight excluding hydrogens is 460 g/mol. The third-order valence-electron chi connectivity index (χ3n) is 5.63. The highest BCUT2D eigenvalue weighted by Crippen LogP contribution is 2.48. The minimum Gasteiger partial charge on any atom is -0.497 e. The van der Waals surface area contributed by atoms with Crippen molar-refractivity contribution >= 4 is 39.1 Å². The van der Waals surface area contributed by atoms with E-state index >= 15 is 0 Å². The van der Waals surface area contributed by atoms with Crippen molar-refractivity contribution in [1.29, 1.82) is 0 Å². The number of fused-ring (bicyclic) bond motifs is 1. The lowest BCUT2D eigenvalue weighted by Gasteiger charge is -2.29. The Morgan fingerprint density at radius 1 is 0.871 bits per heavy atom. The van der Waals surface area contributed by atoms with Crippen LogP contribution < -0.4 is 14.7 Å². The predicted molar refractivity (Wildman–Crippen MR) is 120 cm³/mol. The molecule has 3 aromatic rings. The molecule has 0 spiro atoms. The number of carbonyl (C=O) groups is 2. The van der Waals surface area contributed by atoms with Crippen molar-refractivity contribution in [2.75, 3.05) is 17.1 Å². The van der Waals surface area contributed by atoms with Gasteiger partial charge in [0.05, 0.1) is 24.5 Å². The first kappa shape index (κ1) is 19.8. The number of rotatable bonds is 4. The van der Waals surface area contributed by atoms with Crippen LogP contribution in [0.25, 0.3) is 0 Å². The molecule has 3 atom stereocenters. The van der Waals surface area contributed by atoms with Crippen LogP contribution in [0.15, 0.2) is 83.3 Å². The first-order valence-corrected chi connectivity index (χ1v) is 10.7. The van der Waals surface area contributed by atoms with Gasteiger partial charge in [-0.1, -0.05) is 52.3 Å². The summed E-state index contributed by atoms with van der Waals surface area (Å²) in [5.74, 6) is -0.757. The molecule has 2 fully saturated rings. The van der Waals surface area contributed by atoms with E-state index in [1.165, 1.54) is 4.90 Å². The highest BCUT2D eigenvalue weighted by molar-refractivity contribution is 9.10. The number of methoxy groups -OCH3 is 1. The lowest BCUT2D eigenvalue weighted by Crippen LogP contribution is -2.37. The number of amides is 2. The van der Waals surface area contributed by atoms with Gasteiger partial charge in [-0.25, -0.2) is 9.96 Å². The van der Waals surface area contributed by atoms with E-state index in [0.29, 0.717) is 11.4 Å². The number of ether oxygens (including phenoxy) is 1. The van der Waals surface area contributed by atoms with Gasteiger partial charge in [-0.2, -0.15) is 0 Å². The summed E-state index contributed by atoms with van der Waals surface area (Å²) < 4.78 is 6.16. The van der Waals surface area contributed by atoms with Gasteiger partial charge in [0.15, 0.2) is 6.10 Å². The topological polar surface area (TPSA) is 59.1 Å². The molecule has 0 saturated carbocycles. The molecule has 31 heavy (non-hydrogen) atoms. The molecule has 3 aromatic carbocycles. The van der Waals surface area contributed by atoms with E-state index in [4.69, 9.17) is 9.57 Å². The van der Waals surface area contributed by atoms with Gasteiger partial charge in [-0.05, 0) is 42.0 Å². The monoisotopic (exact) mass is 478 g/mol. The molecule has 6 nitrogen and oxygen atoms in total. The highest BCUT2D eigenvalue weighted by Gasteiger charge is 2.60. The van der Waals surface area contributed by atoms with Crippen molar-refractivity contribution in [2.45, 2.75) is 12.1 Å². The first-order valence-electron chi connectivity index (χ1n) is 9.87. The fraction of sp³-hybridized carbons (Fsp3) is 0.167. The van der Waals surface area contributed by atoms with Crippen LogP contribution in [0.3, 0.4) is 0 Å². The molecular formula is C24H19BrN2O4. The Hall–Kier alpha value is -3.16. The van der Waals surface area contributed by atoms with Gasteiger partial charge in [0.2, 0.25) is 5.91 Å². The van der Waals surface area contributed by atoms with Gasteiger partial charge in [0, 0.05) is 10.5 Å². The summed E-state index contributed by atoms with van der Waals surface area (Å²) in [6.45, 7) is 0. The molecule has 2 aliphatic rings. The van der Waals surface area contributed by atoms with Crippen molar-refractivity contribution in [3.63, 3.8) is 0 Å². The third-order valence-corrected chi connectivity index (χ3v) is 6.12. The largest absolute Gasteiger partial charge is 0.497 e. The van der Waals surface area contributed by atoms with E-state index in [1.807, 2.05) is 54.6 Å². The molecule has 0 radical (unpaired) electrons. The number of halogens is 1. The molecule has 0 N–H and O–H groups in total. The van der Waals surface area contributed by atoms with Crippen molar-refractivity contribution in [3.8, 4) is 5.75 Å². The number of hydrogen-bond donors (Lipinski definition) is 0. The molecule has 0 unspecified atom stereocenters. The zero-order valence-electron chi connectivity index (χ0n) is 16.6. The van der Waals surface area contributed by atoms with E-state index in [1.54, 1.807) is 36.4 Å². The number of anilines is 2. The van der Waals surface area contributed by atoms with Gasteiger partial charge < -0.3 is 4.74 Å². The third kappa shape index (κ3) is 3.30. The number of benzene rings is 3. The Labute approximate surface area is 188 Å². The van der Waals surface area contributed by atoms with Crippen LogP contribution in [0.1, 0.15) is 11.6 Å². The molecule has 2 aliphatic heterocycles. The molecule has 7 heteroatoms. The smallest absolute Gasteiger partial charge is 0.266 e. The summed E-state index contributed by atoms with van der Waals surface area (Å²) in [4.78, 5) is 34.3. The number of nitrogens with zero attached hydrogens (tertiary/aromatic N) is 2. The van der Waals surface area contributed by atoms with E-state index in [9.17, 15) is 9.59 Å². The lowest BCUT2D eigenvalue weighted by atomic mass is 9.90. The van der Waals surface area contributed by atoms with Crippen LogP contribution in [0.4, 0.5) is 11.4 Å². The van der Waals surface area contributed by atoms with E-state index < -0.39 is 18.1 Å². The van der Waals surface area contributed by atoms with E-state index in [-0.39, 0.29) is 11.8 Å². The van der Waals surface area contributed by atoms with Gasteiger partial charge in [-0.3, -0.25) is 14.4 Å². The van der Waals surface area contributed by atoms with Crippen molar-refractivity contribution in [3.05, 3.63) is 88.9 Å². The van der Waals surface area contributed by atoms with Crippen LogP contribution >= 0.6 is 15.9 Å². The van der Waals surface area contributed by atoms with Crippen LogP contribution in [-0.2, 0) is 14.4 Å². The predicted octanol–water partition coefficient (Wildman–Crippen LogP) is 4.51. The maximum Gasteiger partial charge on any atom is 0.266 e. The Kier molecular flexibility index (Phi) is 5.00. The number of carbonyl (C=O) groups excluding carboxylic acids is 2. The van der Waals surface area contributed by atoms with E-state index in [0.717, 1.165) is 15.7 Å². The Balaban J connectivity index is 1.58. The number of para-hydroxylation sites is 1. The lowest BCUT2D eigenvalue weighted by molar-refractivity contribution is -0.126. The fourth-order valence-corrected chi connectivity index (χ4v) is 4.66. The fourth-order valence-electron chi connectivity index (χ4n) is 4.25. The average Bonchev–Trinajstić information content (AvgIpc) is 3.30. The Bertz CT molecular complexity index is 1150. The minimum absolute atomic E-state index is 0.286. The quantitative estimate of drug-likeness (QED) is 0.516. The second-order valence-corrected chi connectivity index (χ2v) is 8.34. The normalized spacial score (nSPS) is 22.7. The maximum absolute atomic E-state index is 13.6. The molecule has 2 amide bonds. The van der Waals surface area contributed by atoms with Crippen LogP contribution in [0.2, 0.25) is 0 Å². The second kappa shape index (κ2) is 7.83. The zero-order valence-corrected chi connectivity index (χ0v) is 18.2. The molecule has 2 saturated heterocycles. The van der Waals surface area contributed by atoms with Crippen LogP contribution in [0, 0.1) is 5.92 Å². The molecule has 0 aliphatic carbocycles. The van der Waals surface area contributed by atoms with Crippen LogP contribution in [-0.4, -0.2) is 25.0 Å². The number of hydroxylamine groups is 1. The summed E-state index contributed by atoms with van der Waals surface area (Å²) in [5.41, 5.74) is 2.15. The molecule has 2 heterocycles. The number of hydrogen-bond acceptors (Lipinski definition) is 5. The van der Waals surface area contributed by atoms with Gasteiger partial charge >= 0.3 is 0 Å². The van der Waals surface area contributed by atoms with Gasteiger partial charge in [0.1, 0.15) is 11.7 Å². The minimum atomic E-state index is -0.900. The molecule has 0 bridgehead atoms. The molecule has 5 rings (SSSR count). The Morgan fingerprint density at radius 3 is 2.35 bits per heavy atom. The standard InChI is InChI=1S/C24H19BrN2O4/c1-30-19-12-6-11-18(14-19)26-23(28)20-21(15-7-5-8-16(25)13-15)27(31-22(20)24(26)29)17-9-3-2-4-10-17/h2-14,20-22H,1H3/t20-,21+,22+/m1/s1. The summed E-state index contributed by atoms with van der Waals surface area (Å²) in [7, 11) is 1.55. The summed E-state index contributed by atoms with van der Waals surface area (Å²) in [6.07, 6.45) is -0.900.